The molecule has 5 nitrogen and oxygen atoms in total. The van der Waals surface area contributed by atoms with Crippen LogP contribution < -0.4 is 5.32 Å². The first-order valence-corrected chi connectivity index (χ1v) is 12.1. The number of pyridine rings is 1. The molecule has 1 aliphatic heterocycles. The summed E-state index contributed by atoms with van der Waals surface area (Å²) in [5.74, 6) is -0.272. The van der Waals surface area contributed by atoms with Crippen molar-refractivity contribution in [2.75, 3.05) is 52.1 Å². The maximum Gasteiger partial charge on any atom is 0.146 e. The highest BCUT2D eigenvalue weighted by Gasteiger charge is 2.16. The van der Waals surface area contributed by atoms with Crippen molar-refractivity contribution in [1.82, 2.24) is 19.4 Å². The maximum atomic E-state index is 14.4. The van der Waals surface area contributed by atoms with Gasteiger partial charge < -0.3 is 19.7 Å². The molecule has 0 saturated carbocycles. The second-order valence-corrected chi connectivity index (χ2v) is 9.11. The Kier molecular flexibility index (Phi) is 6.61. The number of nitrogens with zero attached hydrogens (tertiary/aromatic N) is 4. The minimum absolute atomic E-state index is 0.272. The first-order chi connectivity index (χ1) is 16.6. The van der Waals surface area contributed by atoms with Crippen molar-refractivity contribution in [3.63, 3.8) is 0 Å². The van der Waals surface area contributed by atoms with E-state index in [4.69, 9.17) is 4.98 Å². The van der Waals surface area contributed by atoms with Gasteiger partial charge in [-0.25, -0.2) is 9.37 Å². The number of likely N-dealkylation sites (N-methyl/N-ethyl adjacent to an activating group) is 1. The number of aromatic nitrogens is 2. The second kappa shape index (κ2) is 9.95. The zero-order chi connectivity index (χ0) is 23.5. The Hall–Kier alpha value is -3.22. The molecule has 1 N–H and O–H groups in total. The summed E-state index contributed by atoms with van der Waals surface area (Å²) in [5, 5.41) is 2.88. The lowest BCUT2D eigenvalue weighted by Crippen LogP contribution is -2.44. The fourth-order valence-corrected chi connectivity index (χ4v) is 4.76. The fourth-order valence-electron chi connectivity index (χ4n) is 4.76. The summed E-state index contributed by atoms with van der Waals surface area (Å²) in [6.45, 7) is 6.64. The SMILES string of the molecule is CNc1ccc(-c2ccc3c(n2)c(-c2ccccc2)cn3CCCN2CCN(C)CC2)cc1F. The smallest absolute Gasteiger partial charge is 0.146 e. The van der Waals surface area contributed by atoms with Gasteiger partial charge in [0.1, 0.15) is 5.82 Å². The normalized spacial score (nSPS) is 15.1. The van der Waals surface area contributed by atoms with Crippen molar-refractivity contribution in [2.45, 2.75) is 13.0 Å². The van der Waals surface area contributed by atoms with Gasteiger partial charge in [-0.2, -0.15) is 0 Å². The number of fused-ring (bicyclic) bond motifs is 1. The third-order valence-corrected chi connectivity index (χ3v) is 6.81. The zero-order valence-corrected chi connectivity index (χ0v) is 20.0. The Labute approximate surface area is 200 Å². The van der Waals surface area contributed by atoms with Gasteiger partial charge in [-0.15, -0.1) is 0 Å². The molecule has 0 aliphatic carbocycles. The van der Waals surface area contributed by atoms with Crippen LogP contribution >= 0.6 is 0 Å². The quantitative estimate of drug-likeness (QED) is 0.414. The van der Waals surface area contributed by atoms with Crippen LogP contribution in [0.3, 0.4) is 0 Å². The van der Waals surface area contributed by atoms with Crippen molar-refractivity contribution < 1.29 is 4.39 Å². The highest BCUT2D eigenvalue weighted by atomic mass is 19.1. The highest BCUT2D eigenvalue weighted by Crippen LogP contribution is 2.32. The lowest BCUT2D eigenvalue weighted by atomic mass is 10.1. The molecule has 176 valence electrons. The molecule has 0 amide bonds. The molecule has 1 fully saturated rings. The highest BCUT2D eigenvalue weighted by molar-refractivity contribution is 5.94. The number of anilines is 1. The molecule has 3 heterocycles. The standard InChI is InChI=1S/C28H32FN5/c1-30-26-10-9-22(19-24(26)29)25-11-12-27-28(31-25)23(21-7-4-3-5-8-21)20-34(27)14-6-13-33-17-15-32(2)16-18-33/h3-5,7-12,19-20,30H,6,13-18H2,1-2H3. The number of piperazine rings is 1. The third kappa shape index (κ3) is 4.69. The Balaban J connectivity index is 1.45. The predicted octanol–water partition coefficient (Wildman–Crippen LogP) is 5.19. The van der Waals surface area contributed by atoms with E-state index in [-0.39, 0.29) is 5.82 Å². The predicted molar refractivity (Wildman–Crippen MR) is 139 cm³/mol. The first kappa shape index (κ1) is 22.6. The summed E-state index contributed by atoms with van der Waals surface area (Å²) in [6, 6.07) is 19.8. The van der Waals surface area contributed by atoms with Crippen LogP contribution in [-0.4, -0.2) is 66.2 Å². The Morgan fingerprint density at radius 2 is 1.71 bits per heavy atom. The topological polar surface area (TPSA) is 36.3 Å². The van der Waals surface area contributed by atoms with Gasteiger partial charge in [0.25, 0.3) is 0 Å². The van der Waals surface area contributed by atoms with Crippen molar-refractivity contribution in [2.24, 2.45) is 0 Å². The molecule has 1 saturated heterocycles. The lowest BCUT2D eigenvalue weighted by molar-refractivity contribution is 0.151. The van der Waals surface area contributed by atoms with E-state index in [0.29, 0.717) is 5.69 Å². The summed E-state index contributed by atoms with van der Waals surface area (Å²) < 4.78 is 16.7. The fraction of sp³-hybridized carbons (Fsp3) is 0.321. The number of nitrogens with one attached hydrogen (secondary N) is 1. The number of halogens is 1. The van der Waals surface area contributed by atoms with Gasteiger partial charge in [-0.05, 0) is 49.8 Å². The van der Waals surface area contributed by atoms with E-state index in [0.717, 1.165) is 79.1 Å². The van der Waals surface area contributed by atoms with E-state index in [1.54, 1.807) is 19.2 Å². The number of rotatable bonds is 7. The first-order valence-electron chi connectivity index (χ1n) is 12.1. The van der Waals surface area contributed by atoms with Crippen molar-refractivity contribution >= 4 is 16.7 Å². The van der Waals surface area contributed by atoms with E-state index in [1.807, 2.05) is 18.2 Å². The average Bonchev–Trinajstić information content (AvgIpc) is 3.23. The monoisotopic (exact) mass is 457 g/mol. The summed E-state index contributed by atoms with van der Waals surface area (Å²) in [7, 11) is 3.92. The van der Waals surface area contributed by atoms with Crippen LogP contribution in [0.5, 0.6) is 0 Å². The van der Waals surface area contributed by atoms with E-state index in [1.165, 1.54) is 0 Å². The van der Waals surface area contributed by atoms with E-state index >= 15 is 0 Å². The molecule has 4 aromatic rings. The molecule has 0 atom stereocenters. The summed E-state index contributed by atoms with van der Waals surface area (Å²) in [5.41, 5.74) is 6.38. The average molecular weight is 458 g/mol. The minimum atomic E-state index is -0.272. The maximum absolute atomic E-state index is 14.4. The second-order valence-electron chi connectivity index (χ2n) is 9.11. The molecule has 1 aliphatic rings. The molecule has 5 rings (SSSR count). The Morgan fingerprint density at radius 3 is 2.44 bits per heavy atom. The van der Waals surface area contributed by atoms with Crippen LogP contribution in [0.25, 0.3) is 33.4 Å². The molecule has 0 bridgehead atoms. The zero-order valence-electron chi connectivity index (χ0n) is 20.0. The molecule has 2 aromatic heterocycles. The largest absolute Gasteiger partial charge is 0.386 e. The van der Waals surface area contributed by atoms with Crippen molar-refractivity contribution in [1.29, 1.82) is 0 Å². The molecule has 2 aromatic carbocycles. The van der Waals surface area contributed by atoms with Gasteiger partial charge in [-0.3, -0.25) is 0 Å². The summed E-state index contributed by atoms with van der Waals surface area (Å²) in [6.07, 6.45) is 3.33. The van der Waals surface area contributed by atoms with Crippen LogP contribution in [0.2, 0.25) is 0 Å². The lowest BCUT2D eigenvalue weighted by Gasteiger charge is -2.32. The summed E-state index contributed by atoms with van der Waals surface area (Å²) >= 11 is 0. The molecular weight excluding hydrogens is 425 g/mol. The van der Waals surface area contributed by atoms with E-state index in [2.05, 4.69) is 63.3 Å². The molecular formula is C28H32FN5. The van der Waals surface area contributed by atoms with Gasteiger partial charge in [0, 0.05) is 57.1 Å². The number of benzene rings is 2. The Bertz CT molecular complexity index is 1260. The molecule has 34 heavy (non-hydrogen) atoms. The van der Waals surface area contributed by atoms with Crippen LogP contribution in [0.15, 0.2) is 66.9 Å². The van der Waals surface area contributed by atoms with Gasteiger partial charge >= 0.3 is 0 Å². The molecule has 6 heteroatoms. The van der Waals surface area contributed by atoms with Crippen molar-refractivity contribution in [3.8, 4) is 22.4 Å². The van der Waals surface area contributed by atoms with Crippen LogP contribution in [0, 0.1) is 5.82 Å². The molecule has 0 radical (unpaired) electrons. The van der Waals surface area contributed by atoms with Crippen LogP contribution in [-0.2, 0) is 6.54 Å². The van der Waals surface area contributed by atoms with Crippen LogP contribution in [0.1, 0.15) is 6.42 Å². The molecule has 0 unspecified atom stereocenters. The molecule has 0 spiro atoms. The van der Waals surface area contributed by atoms with E-state index < -0.39 is 0 Å². The number of hydrogen-bond donors (Lipinski definition) is 1. The number of aryl methyl sites for hydroxylation is 1. The Morgan fingerprint density at radius 1 is 0.912 bits per heavy atom. The van der Waals surface area contributed by atoms with Crippen LogP contribution in [0.4, 0.5) is 10.1 Å². The van der Waals surface area contributed by atoms with Gasteiger partial charge in [0.05, 0.1) is 22.4 Å². The minimum Gasteiger partial charge on any atom is -0.386 e. The third-order valence-electron chi connectivity index (χ3n) is 6.81. The van der Waals surface area contributed by atoms with Crippen molar-refractivity contribution in [3.05, 3.63) is 72.7 Å². The number of hydrogen-bond acceptors (Lipinski definition) is 4. The van der Waals surface area contributed by atoms with Gasteiger partial charge in [-0.1, -0.05) is 36.4 Å². The summed E-state index contributed by atoms with van der Waals surface area (Å²) in [4.78, 5) is 9.97. The van der Waals surface area contributed by atoms with Gasteiger partial charge in [0.15, 0.2) is 0 Å². The van der Waals surface area contributed by atoms with Gasteiger partial charge in [0.2, 0.25) is 0 Å². The van der Waals surface area contributed by atoms with E-state index in [9.17, 15) is 4.39 Å².